The van der Waals surface area contributed by atoms with Crippen molar-refractivity contribution in [3.8, 4) is 0 Å². The summed E-state index contributed by atoms with van der Waals surface area (Å²) in [7, 11) is 0. The van der Waals surface area contributed by atoms with E-state index in [1.165, 1.54) is 23.3 Å². The van der Waals surface area contributed by atoms with Gasteiger partial charge in [0.05, 0.1) is 5.69 Å². The van der Waals surface area contributed by atoms with Crippen LogP contribution in [0, 0.1) is 5.92 Å². The quantitative estimate of drug-likeness (QED) is 0.747. The second kappa shape index (κ2) is 5.87. The number of aromatic nitrogens is 2. The van der Waals surface area contributed by atoms with Gasteiger partial charge in [-0.2, -0.15) is 0 Å². The molecule has 1 aliphatic rings. The Bertz CT molecular complexity index is 920. The third kappa shape index (κ3) is 2.63. The fourth-order valence-electron chi connectivity index (χ4n) is 3.15. The van der Waals surface area contributed by atoms with Crippen molar-refractivity contribution >= 4 is 39.0 Å². The molecule has 0 aliphatic heterocycles. The average molecular weight is 338 g/mol. The predicted octanol–water partition coefficient (Wildman–Crippen LogP) is 3.65. The Morgan fingerprint density at radius 2 is 2.29 bits per heavy atom. The lowest BCUT2D eigenvalue weighted by molar-refractivity contribution is 0.103. The molecule has 0 saturated carbocycles. The minimum atomic E-state index is -0.236. The highest BCUT2D eigenvalue weighted by Crippen LogP contribution is 2.36. The maximum atomic E-state index is 12.5. The summed E-state index contributed by atoms with van der Waals surface area (Å²) in [5, 5.41) is 3.68. The van der Waals surface area contributed by atoms with E-state index >= 15 is 0 Å². The first kappa shape index (κ1) is 15.1. The monoisotopic (exact) mass is 338 g/mol. The molecule has 0 saturated heterocycles. The third-order valence-electron chi connectivity index (χ3n) is 4.44. The van der Waals surface area contributed by atoms with Crippen LogP contribution in [0.4, 0.5) is 11.5 Å². The van der Waals surface area contributed by atoms with Gasteiger partial charge in [-0.05, 0) is 48.9 Å². The van der Waals surface area contributed by atoms with E-state index in [0.717, 1.165) is 28.8 Å². The largest absolute Gasteiger partial charge is 0.397 e. The molecule has 1 aliphatic carbocycles. The maximum Gasteiger partial charge on any atom is 0.269 e. The first-order chi connectivity index (χ1) is 11.6. The minimum Gasteiger partial charge on any atom is -0.397 e. The fraction of sp³-hybridized carbons (Fsp3) is 0.278. The van der Waals surface area contributed by atoms with Crippen LogP contribution in [-0.2, 0) is 12.8 Å². The number of hydrogen-bond acceptors (Lipinski definition) is 5. The molecular weight excluding hydrogens is 320 g/mol. The van der Waals surface area contributed by atoms with Crippen molar-refractivity contribution in [3.05, 3.63) is 46.6 Å². The van der Waals surface area contributed by atoms with Gasteiger partial charge in [0.25, 0.3) is 5.91 Å². The van der Waals surface area contributed by atoms with Crippen molar-refractivity contribution in [3.63, 3.8) is 0 Å². The van der Waals surface area contributed by atoms with Gasteiger partial charge >= 0.3 is 0 Å². The number of thiophene rings is 1. The van der Waals surface area contributed by atoms with Gasteiger partial charge in [-0.25, -0.2) is 9.97 Å². The zero-order chi connectivity index (χ0) is 16.7. The molecule has 1 atom stereocenters. The number of pyridine rings is 2. The number of amides is 1. The highest BCUT2D eigenvalue weighted by Gasteiger charge is 2.22. The summed E-state index contributed by atoms with van der Waals surface area (Å²) in [5.74, 6) is 0.949. The molecular formula is C18H18N4OS. The number of rotatable bonds is 2. The molecule has 122 valence electrons. The number of nitrogens with zero attached hydrogens (tertiary/aromatic N) is 2. The van der Waals surface area contributed by atoms with Gasteiger partial charge in [-0.3, -0.25) is 4.79 Å². The van der Waals surface area contributed by atoms with Crippen LogP contribution in [0.15, 0.2) is 30.5 Å². The Morgan fingerprint density at radius 1 is 1.42 bits per heavy atom. The van der Waals surface area contributed by atoms with Crippen LogP contribution in [0.25, 0.3) is 10.2 Å². The molecule has 4 rings (SSSR count). The SMILES string of the molecule is CC1CCc2nc3sc(C(=O)Nc4ccccn4)c(N)c3cc2C1. The summed E-state index contributed by atoms with van der Waals surface area (Å²) in [6.45, 7) is 2.26. The van der Waals surface area contributed by atoms with E-state index in [2.05, 4.69) is 23.3 Å². The predicted molar refractivity (Wildman–Crippen MR) is 97.4 cm³/mol. The molecule has 5 nitrogen and oxygen atoms in total. The average Bonchev–Trinajstić information content (AvgIpc) is 2.90. The Balaban J connectivity index is 1.71. The van der Waals surface area contributed by atoms with Gasteiger partial charge in [0.1, 0.15) is 15.5 Å². The number of carbonyl (C=O) groups excluding carboxylic acids is 1. The van der Waals surface area contributed by atoms with Crippen LogP contribution >= 0.6 is 11.3 Å². The third-order valence-corrected chi connectivity index (χ3v) is 5.56. The Morgan fingerprint density at radius 3 is 3.08 bits per heavy atom. The number of carbonyl (C=O) groups is 1. The molecule has 1 amide bonds. The van der Waals surface area contributed by atoms with E-state index in [4.69, 9.17) is 10.7 Å². The number of nitrogens with two attached hydrogens (primary N) is 1. The molecule has 0 spiro atoms. The zero-order valence-corrected chi connectivity index (χ0v) is 14.2. The zero-order valence-electron chi connectivity index (χ0n) is 13.4. The van der Waals surface area contributed by atoms with Crippen LogP contribution < -0.4 is 11.1 Å². The van der Waals surface area contributed by atoms with Gasteiger partial charge in [0, 0.05) is 17.3 Å². The van der Waals surface area contributed by atoms with E-state index in [0.29, 0.717) is 22.3 Å². The van der Waals surface area contributed by atoms with Crippen molar-refractivity contribution in [2.45, 2.75) is 26.2 Å². The maximum absolute atomic E-state index is 12.5. The number of anilines is 2. The number of fused-ring (bicyclic) bond motifs is 2. The molecule has 3 aromatic rings. The number of nitrogen functional groups attached to an aromatic ring is 1. The summed E-state index contributed by atoms with van der Waals surface area (Å²) in [5.41, 5.74) is 9.18. The molecule has 6 heteroatoms. The molecule has 24 heavy (non-hydrogen) atoms. The number of hydrogen-bond donors (Lipinski definition) is 2. The summed E-state index contributed by atoms with van der Waals surface area (Å²) < 4.78 is 0. The molecule has 1 unspecified atom stereocenters. The Labute approximate surface area is 143 Å². The fourth-order valence-corrected chi connectivity index (χ4v) is 4.14. The van der Waals surface area contributed by atoms with Crippen molar-refractivity contribution in [2.24, 2.45) is 5.92 Å². The summed E-state index contributed by atoms with van der Waals surface area (Å²) in [6.07, 6.45) is 4.84. The van der Waals surface area contributed by atoms with E-state index in [1.807, 2.05) is 6.07 Å². The van der Waals surface area contributed by atoms with Crippen molar-refractivity contribution in [1.82, 2.24) is 9.97 Å². The van der Waals surface area contributed by atoms with Crippen LogP contribution in [-0.4, -0.2) is 15.9 Å². The standard InChI is InChI=1S/C18H18N4OS/c1-10-5-6-13-11(8-10)9-12-15(19)16(24-18(12)21-13)17(23)22-14-4-2-3-7-20-14/h2-4,7,9-10H,5-6,8,19H2,1H3,(H,20,22,23). The van der Waals surface area contributed by atoms with Crippen LogP contribution in [0.2, 0.25) is 0 Å². The molecule has 0 bridgehead atoms. The smallest absolute Gasteiger partial charge is 0.269 e. The minimum absolute atomic E-state index is 0.236. The molecule has 0 radical (unpaired) electrons. The van der Waals surface area contributed by atoms with Crippen LogP contribution in [0.1, 0.15) is 34.3 Å². The molecule has 0 aromatic carbocycles. The molecule has 0 fully saturated rings. The molecule has 3 aromatic heterocycles. The Kier molecular flexibility index (Phi) is 3.69. The second-order valence-electron chi connectivity index (χ2n) is 6.31. The lowest BCUT2D eigenvalue weighted by atomic mass is 9.87. The van der Waals surface area contributed by atoms with E-state index < -0.39 is 0 Å². The summed E-state index contributed by atoms with van der Waals surface area (Å²) >= 11 is 1.35. The molecule has 3 N–H and O–H groups in total. The summed E-state index contributed by atoms with van der Waals surface area (Å²) in [4.78, 5) is 22.7. The first-order valence-corrected chi connectivity index (χ1v) is 8.86. The lowest BCUT2D eigenvalue weighted by Crippen LogP contribution is -2.13. The highest BCUT2D eigenvalue weighted by molar-refractivity contribution is 7.21. The van der Waals surface area contributed by atoms with E-state index in [9.17, 15) is 4.79 Å². The first-order valence-electron chi connectivity index (χ1n) is 8.05. The topological polar surface area (TPSA) is 80.9 Å². The van der Waals surface area contributed by atoms with Gasteiger partial charge in [-0.1, -0.05) is 13.0 Å². The van der Waals surface area contributed by atoms with Crippen molar-refractivity contribution in [2.75, 3.05) is 11.1 Å². The number of aryl methyl sites for hydroxylation is 1. The Hall–Kier alpha value is -2.47. The van der Waals surface area contributed by atoms with E-state index in [-0.39, 0.29) is 5.91 Å². The van der Waals surface area contributed by atoms with Crippen molar-refractivity contribution in [1.29, 1.82) is 0 Å². The lowest BCUT2D eigenvalue weighted by Gasteiger charge is -2.20. The normalized spacial score (nSPS) is 16.8. The highest BCUT2D eigenvalue weighted by atomic mass is 32.1. The summed E-state index contributed by atoms with van der Waals surface area (Å²) in [6, 6.07) is 7.50. The van der Waals surface area contributed by atoms with Gasteiger partial charge in [-0.15, -0.1) is 11.3 Å². The van der Waals surface area contributed by atoms with Gasteiger partial charge < -0.3 is 11.1 Å². The van der Waals surface area contributed by atoms with E-state index in [1.54, 1.807) is 18.3 Å². The van der Waals surface area contributed by atoms with Gasteiger partial charge in [0.2, 0.25) is 0 Å². The number of nitrogens with one attached hydrogen (secondary N) is 1. The van der Waals surface area contributed by atoms with Crippen LogP contribution in [0.3, 0.4) is 0 Å². The van der Waals surface area contributed by atoms with Crippen molar-refractivity contribution < 1.29 is 4.79 Å². The molecule has 3 heterocycles. The van der Waals surface area contributed by atoms with Gasteiger partial charge in [0.15, 0.2) is 0 Å². The van der Waals surface area contributed by atoms with Crippen LogP contribution in [0.5, 0.6) is 0 Å². The second-order valence-corrected chi connectivity index (χ2v) is 7.31.